The minimum absolute atomic E-state index is 0.148. The normalized spacial score (nSPS) is 12.0. The summed E-state index contributed by atoms with van der Waals surface area (Å²) in [6.45, 7) is 5.33. The van der Waals surface area contributed by atoms with Gasteiger partial charge in [0.15, 0.2) is 0 Å². The average molecular weight is 312 g/mol. The lowest BCUT2D eigenvalue weighted by Crippen LogP contribution is -2.46. The Morgan fingerprint density at radius 1 is 1.29 bits per heavy atom. The van der Waals surface area contributed by atoms with Gasteiger partial charge in [0.25, 0.3) is 5.91 Å². The predicted molar refractivity (Wildman–Crippen MR) is 80.4 cm³/mol. The highest BCUT2D eigenvalue weighted by atomic mass is 32.1. The Morgan fingerprint density at radius 3 is 2.43 bits per heavy atom. The summed E-state index contributed by atoms with van der Waals surface area (Å²) in [5.41, 5.74) is 1.38. The van der Waals surface area contributed by atoms with Crippen LogP contribution in [0.3, 0.4) is 0 Å². The van der Waals surface area contributed by atoms with E-state index in [0.717, 1.165) is 5.56 Å². The Morgan fingerprint density at radius 2 is 1.95 bits per heavy atom. The Bertz CT molecular complexity index is 525. The van der Waals surface area contributed by atoms with Crippen molar-refractivity contribution in [3.05, 3.63) is 21.9 Å². The number of hydrogen-bond donors (Lipinski definition) is 3. The smallest absolute Gasteiger partial charge is 0.326 e. The van der Waals surface area contributed by atoms with Crippen LogP contribution in [-0.4, -0.2) is 35.5 Å². The van der Waals surface area contributed by atoms with Gasteiger partial charge in [-0.25, -0.2) is 4.79 Å². The first-order valence-electron chi connectivity index (χ1n) is 6.64. The lowest BCUT2D eigenvalue weighted by Gasteiger charge is -2.16. The molecule has 1 aromatic heterocycles. The van der Waals surface area contributed by atoms with Gasteiger partial charge in [-0.15, -0.1) is 0 Å². The third-order valence-electron chi connectivity index (χ3n) is 2.85. The molecule has 1 heterocycles. The quantitative estimate of drug-likeness (QED) is 0.709. The molecule has 0 saturated carbocycles. The average Bonchev–Trinajstić information content (AvgIpc) is 2.81. The van der Waals surface area contributed by atoms with Crippen LogP contribution in [0.5, 0.6) is 0 Å². The fourth-order valence-electron chi connectivity index (χ4n) is 1.79. The molecule has 3 N–H and O–H groups in total. The van der Waals surface area contributed by atoms with Crippen molar-refractivity contribution in [1.29, 1.82) is 0 Å². The lowest BCUT2D eigenvalue weighted by atomic mass is 10.0. The zero-order chi connectivity index (χ0) is 16.0. The second kappa shape index (κ2) is 7.78. The van der Waals surface area contributed by atoms with Gasteiger partial charge in [-0.3, -0.25) is 9.59 Å². The summed E-state index contributed by atoms with van der Waals surface area (Å²) >= 11 is 1.41. The Labute approximate surface area is 127 Å². The zero-order valence-corrected chi connectivity index (χ0v) is 13.1. The van der Waals surface area contributed by atoms with Crippen LogP contribution in [0.4, 0.5) is 0 Å². The molecule has 1 rings (SSSR count). The van der Waals surface area contributed by atoms with Crippen molar-refractivity contribution in [3.8, 4) is 0 Å². The van der Waals surface area contributed by atoms with Gasteiger partial charge in [-0.05, 0) is 30.2 Å². The largest absolute Gasteiger partial charge is 0.480 e. The maximum absolute atomic E-state index is 11.8. The van der Waals surface area contributed by atoms with Crippen LogP contribution in [0.25, 0.3) is 0 Å². The van der Waals surface area contributed by atoms with Gasteiger partial charge >= 0.3 is 5.97 Å². The van der Waals surface area contributed by atoms with Crippen molar-refractivity contribution < 1.29 is 19.5 Å². The van der Waals surface area contributed by atoms with E-state index in [4.69, 9.17) is 5.11 Å². The fourth-order valence-corrected chi connectivity index (χ4v) is 2.62. The molecule has 1 aromatic rings. The van der Waals surface area contributed by atoms with Crippen LogP contribution in [0, 0.1) is 12.8 Å². The maximum atomic E-state index is 11.8. The maximum Gasteiger partial charge on any atom is 0.326 e. The summed E-state index contributed by atoms with van der Waals surface area (Å²) in [4.78, 5) is 34.6. The van der Waals surface area contributed by atoms with Crippen molar-refractivity contribution >= 4 is 29.1 Å². The number of carboxylic acid groups (broad SMARTS) is 1. The van der Waals surface area contributed by atoms with E-state index >= 15 is 0 Å². The molecule has 0 fully saturated rings. The Hall–Kier alpha value is -1.89. The van der Waals surface area contributed by atoms with Gasteiger partial charge in [-0.2, -0.15) is 11.3 Å². The predicted octanol–water partition coefficient (Wildman–Crippen LogP) is 1.40. The van der Waals surface area contributed by atoms with Gasteiger partial charge < -0.3 is 15.7 Å². The molecule has 0 spiro atoms. The van der Waals surface area contributed by atoms with E-state index in [2.05, 4.69) is 10.6 Å². The fraction of sp³-hybridized carbons (Fsp3) is 0.500. The van der Waals surface area contributed by atoms with Crippen molar-refractivity contribution in [2.24, 2.45) is 5.92 Å². The molecule has 1 atom stereocenters. The number of carboxylic acids is 1. The number of hydrogen-bond acceptors (Lipinski definition) is 4. The minimum Gasteiger partial charge on any atom is -0.480 e. The van der Waals surface area contributed by atoms with Crippen LogP contribution >= 0.6 is 11.3 Å². The Balaban J connectivity index is 2.48. The molecule has 21 heavy (non-hydrogen) atoms. The van der Waals surface area contributed by atoms with Gasteiger partial charge in [0.1, 0.15) is 6.04 Å². The molecule has 0 aromatic carbocycles. The SMILES string of the molecule is Cc1cscc1C(=O)NCC(=O)N[C@@H](CC(C)C)C(=O)O. The van der Waals surface area contributed by atoms with Gasteiger partial charge in [0.2, 0.25) is 5.91 Å². The van der Waals surface area contributed by atoms with Gasteiger partial charge in [0.05, 0.1) is 12.1 Å². The molecule has 7 heteroatoms. The first-order chi connectivity index (χ1) is 9.81. The Kier molecular flexibility index (Phi) is 6.36. The number of rotatable bonds is 7. The summed E-state index contributed by atoms with van der Waals surface area (Å²) in [7, 11) is 0. The third-order valence-corrected chi connectivity index (χ3v) is 3.71. The van der Waals surface area contributed by atoms with E-state index in [-0.39, 0.29) is 18.4 Å². The summed E-state index contributed by atoms with van der Waals surface area (Å²) in [6.07, 6.45) is 0.346. The van der Waals surface area contributed by atoms with Crippen LogP contribution in [0.1, 0.15) is 36.2 Å². The zero-order valence-electron chi connectivity index (χ0n) is 12.3. The van der Waals surface area contributed by atoms with E-state index in [1.807, 2.05) is 26.2 Å². The van der Waals surface area contributed by atoms with Gasteiger partial charge in [-0.1, -0.05) is 13.8 Å². The topological polar surface area (TPSA) is 95.5 Å². The van der Waals surface area contributed by atoms with Crippen LogP contribution in [0.2, 0.25) is 0 Å². The molecule has 2 amide bonds. The van der Waals surface area contributed by atoms with Gasteiger partial charge in [0, 0.05) is 5.38 Å². The van der Waals surface area contributed by atoms with Crippen LogP contribution in [0.15, 0.2) is 10.8 Å². The number of amides is 2. The highest BCUT2D eigenvalue weighted by Gasteiger charge is 2.21. The summed E-state index contributed by atoms with van der Waals surface area (Å²) in [5, 5.41) is 17.5. The van der Waals surface area contributed by atoms with E-state index in [1.165, 1.54) is 11.3 Å². The van der Waals surface area contributed by atoms with Crippen LogP contribution in [-0.2, 0) is 9.59 Å². The lowest BCUT2D eigenvalue weighted by molar-refractivity contribution is -0.142. The van der Waals surface area contributed by atoms with Crippen molar-refractivity contribution in [1.82, 2.24) is 10.6 Å². The van der Waals surface area contributed by atoms with Crippen molar-refractivity contribution in [3.63, 3.8) is 0 Å². The first kappa shape index (κ1) is 17.2. The summed E-state index contributed by atoms with van der Waals surface area (Å²) in [5.74, 6) is -1.77. The number of carbonyl (C=O) groups is 3. The second-order valence-electron chi connectivity index (χ2n) is 5.24. The molecule has 0 aliphatic rings. The third kappa shape index (κ3) is 5.55. The number of carbonyl (C=O) groups excluding carboxylic acids is 2. The highest BCUT2D eigenvalue weighted by molar-refractivity contribution is 7.08. The second-order valence-corrected chi connectivity index (χ2v) is 5.98. The molecule has 6 nitrogen and oxygen atoms in total. The number of aliphatic carboxylic acids is 1. The summed E-state index contributed by atoms with van der Waals surface area (Å²) in [6, 6.07) is -0.933. The molecule has 0 saturated heterocycles. The van der Waals surface area contributed by atoms with E-state index < -0.39 is 17.9 Å². The minimum atomic E-state index is -1.07. The molecule has 0 unspecified atom stereocenters. The molecule has 0 bridgehead atoms. The van der Waals surface area contributed by atoms with Crippen molar-refractivity contribution in [2.45, 2.75) is 33.2 Å². The molecular weight excluding hydrogens is 292 g/mol. The number of nitrogens with one attached hydrogen (secondary N) is 2. The van der Waals surface area contributed by atoms with E-state index in [9.17, 15) is 14.4 Å². The summed E-state index contributed by atoms with van der Waals surface area (Å²) < 4.78 is 0. The monoisotopic (exact) mass is 312 g/mol. The molecule has 116 valence electrons. The number of thiophene rings is 1. The van der Waals surface area contributed by atoms with Crippen LogP contribution < -0.4 is 10.6 Å². The van der Waals surface area contributed by atoms with E-state index in [0.29, 0.717) is 12.0 Å². The number of aryl methyl sites for hydroxylation is 1. The molecule has 0 radical (unpaired) electrons. The first-order valence-corrected chi connectivity index (χ1v) is 7.58. The standard InChI is InChI=1S/C14H20N2O4S/c1-8(2)4-11(14(19)20)16-12(17)5-15-13(18)10-7-21-6-9(10)3/h6-8,11H,4-5H2,1-3H3,(H,15,18)(H,16,17)(H,19,20)/t11-/m0/s1. The highest BCUT2D eigenvalue weighted by Crippen LogP contribution is 2.13. The van der Waals surface area contributed by atoms with E-state index in [1.54, 1.807) is 5.38 Å². The van der Waals surface area contributed by atoms with Crippen molar-refractivity contribution in [2.75, 3.05) is 6.54 Å². The molecule has 0 aliphatic carbocycles. The molecule has 0 aliphatic heterocycles. The molecular formula is C14H20N2O4S.